The largest absolute Gasteiger partial charge is 0.459 e. The molecule has 0 aromatic heterocycles. The van der Waals surface area contributed by atoms with E-state index in [1.165, 1.54) is 44.9 Å². The van der Waals surface area contributed by atoms with Crippen LogP contribution in [0.4, 0.5) is 0 Å². The minimum Gasteiger partial charge on any atom is -0.459 e. The highest BCUT2D eigenvalue weighted by molar-refractivity contribution is 5.72. The molecule has 0 unspecified atom stereocenters. The molecule has 0 radical (unpaired) electrons. The lowest BCUT2D eigenvalue weighted by molar-refractivity contribution is -0.225. The Labute approximate surface area is 183 Å². The number of carbonyl (C=O) groups is 1. The summed E-state index contributed by atoms with van der Waals surface area (Å²) in [6.07, 6.45) is 11.2. The summed E-state index contributed by atoms with van der Waals surface area (Å²) in [6, 6.07) is 0. The number of fused-ring (bicyclic) bond motifs is 5. The monoisotopic (exact) mass is 416 g/mol. The van der Waals surface area contributed by atoms with Gasteiger partial charge in [0.2, 0.25) is 0 Å². The maximum absolute atomic E-state index is 12.0. The van der Waals surface area contributed by atoms with Crippen LogP contribution < -0.4 is 0 Å². The van der Waals surface area contributed by atoms with Gasteiger partial charge in [0.25, 0.3) is 0 Å². The van der Waals surface area contributed by atoms with Crippen molar-refractivity contribution in [3.63, 3.8) is 0 Å². The van der Waals surface area contributed by atoms with Gasteiger partial charge in [0.1, 0.15) is 5.60 Å². The Morgan fingerprint density at radius 2 is 1.47 bits per heavy atom. The van der Waals surface area contributed by atoms with E-state index < -0.39 is 0 Å². The molecule has 5 aliphatic rings. The maximum Gasteiger partial charge on any atom is 0.306 e. The fourth-order valence-corrected chi connectivity index (χ4v) is 10.4. The van der Waals surface area contributed by atoms with Crippen molar-refractivity contribution in [1.29, 1.82) is 0 Å². The topological polar surface area (TPSA) is 46.5 Å². The molecule has 30 heavy (non-hydrogen) atoms. The molecule has 1 aliphatic heterocycles. The van der Waals surface area contributed by atoms with E-state index >= 15 is 0 Å². The highest BCUT2D eigenvalue weighted by atomic mass is 16.6. The molecule has 4 aliphatic carbocycles. The second-order valence-electron chi connectivity index (χ2n) is 13.5. The first-order valence-electron chi connectivity index (χ1n) is 12.8. The van der Waals surface area contributed by atoms with Crippen LogP contribution in [0.3, 0.4) is 0 Å². The van der Waals surface area contributed by atoms with Gasteiger partial charge in [-0.15, -0.1) is 0 Å². The quantitative estimate of drug-likeness (QED) is 0.523. The number of hydrogen-bond acceptors (Lipinski definition) is 3. The highest BCUT2D eigenvalue weighted by Gasteiger charge is 2.69. The molecule has 0 aromatic carbocycles. The van der Waals surface area contributed by atoms with E-state index in [0.717, 1.165) is 18.8 Å². The summed E-state index contributed by atoms with van der Waals surface area (Å²) >= 11 is 0. The van der Waals surface area contributed by atoms with Crippen molar-refractivity contribution >= 4 is 5.97 Å². The fraction of sp³-hybridized carbons (Fsp3) is 0.963. The van der Waals surface area contributed by atoms with Gasteiger partial charge in [0, 0.05) is 12.3 Å². The second kappa shape index (κ2) is 6.27. The standard InChI is InChI=1S/C27H44O3/c1-23(2)19-10-15-26(5)20(24(19,3)13-11-21(23)28)8-7-17-18(9-14-25(17,26)4)27(6)16-12-22(29)30-27/h17-21,28H,7-16H2,1-6H3/t17-,18+,19+,20-,21+,24+,25-,26-,27+/m1/s1. The van der Waals surface area contributed by atoms with Crippen molar-refractivity contribution in [2.75, 3.05) is 0 Å². The molecule has 3 heteroatoms. The van der Waals surface area contributed by atoms with Gasteiger partial charge in [-0.1, -0.05) is 34.6 Å². The Bertz CT molecular complexity index is 744. The number of hydrogen-bond donors (Lipinski definition) is 1. The number of aliphatic hydroxyl groups excluding tert-OH is 1. The molecular formula is C27H44O3. The van der Waals surface area contributed by atoms with Crippen LogP contribution in [0.5, 0.6) is 0 Å². The van der Waals surface area contributed by atoms with Crippen molar-refractivity contribution < 1.29 is 14.6 Å². The zero-order valence-corrected chi connectivity index (χ0v) is 20.2. The molecule has 4 saturated carbocycles. The van der Waals surface area contributed by atoms with Gasteiger partial charge >= 0.3 is 5.97 Å². The average molecular weight is 417 g/mol. The summed E-state index contributed by atoms with van der Waals surface area (Å²) in [5, 5.41) is 10.8. The first-order chi connectivity index (χ1) is 13.9. The molecule has 1 saturated heterocycles. The predicted octanol–water partition coefficient (Wildman–Crippen LogP) is 6.13. The van der Waals surface area contributed by atoms with E-state index in [1.807, 2.05) is 0 Å². The zero-order chi connectivity index (χ0) is 21.7. The van der Waals surface area contributed by atoms with Gasteiger partial charge in [-0.3, -0.25) is 4.79 Å². The fourth-order valence-electron chi connectivity index (χ4n) is 10.4. The molecular weight excluding hydrogens is 372 g/mol. The number of aliphatic hydroxyl groups is 1. The summed E-state index contributed by atoms with van der Waals surface area (Å²) in [5.74, 6) is 2.59. The normalized spacial score (nSPS) is 57.3. The highest BCUT2D eigenvalue weighted by Crippen LogP contribution is 2.76. The summed E-state index contributed by atoms with van der Waals surface area (Å²) in [4.78, 5) is 12.0. The van der Waals surface area contributed by atoms with Crippen LogP contribution in [0.25, 0.3) is 0 Å². The molecule has 0 bridgehead atoms. The van der Waals surface area contributed by atoms with E-state index in [4.69, 9.17) is 4.74 Å². The third-order valence-electron chi connectivity index (χ3n) is 12.3. The smallest absolute Gasteiger partial charge is 0.306 e. The Kier molecular flexibility index (Phi) is 4.45. The lowest BCUT2D eigenvalue weighted by atomic mass is 9.35. The van der Waals surface area contributed by atoms with Gasteiger partial charge < -0.3 is 9.84 Å². The Morgan fingerprint density at radius 1 is 0.767 bits per heavy atom. The number of esters is 1. The summed E-state index contributed by atoms with van der Waals surface area (Å²) in [5.41, 5.74) is 0.822. The van der Waals surface area contributed by atoms with E-state index in [2.05, 4.69) is 41.5 Å². The molecule has 0 spiro atoms. The molecule has 170 valence electrons. The van der Waals surface area contributed by atoms with E-state index in [0.29, 0.717) is 40.4 Å². The van der Waals surface area contributed by atoms with E-state index in [-0.39, 0.29) is 23.1 Å². The molecule has 5 rings (SSSR count). The molecule has 0 amide bonds. The number of rotatable bonds is 1. The van der Waals surface area contributed by atoms with Crippen LogP contribution >= 0.6 is 0 Å². The zero-order valence-electron chi connectivity index (χ0n) is 20.2. The third kappa shape index (κ3) is 2.45. The average Bonchev–Trinajstić information content (AvgIpc) is 3.20. The summed E-state index contributed by atoms with van der Waals surface area (Å²) in [6.45, 7) is 14.7. The van der Waals surface area contributed by atoms with Gasteiger partial charge in [-0.2, -0.15) is 0 Å². The molecule has 9 atom stereocenters. The van der Waals surface area contributed by atoms with Crippen LogP contribution in [0, 0.1) is 45.3 Å². The van der Waals surface area contributed by atoms with Crippen molar-refractivity contribution in [2.24, 2.45) is 45.3 Å². The van der Waals surface area contributed by atoms with Crippen LogP contribution in [0.1, 0.15) is 106 Å². The predicted molar refractivity (Wildman–Crippen MR) is 119 cm³/mol. The number of carbonyl (C=O) groups excluding carboxylic acids is 1. The molecule has 5 fully saturated rings. The number of cyclic esters (lactones) is 1. The lowest BCUT2D eigenvalue weighted by Gasteiger charge is -2.70. The number of ether oxygens (including phenoxy) is 1. The lowest BCUT2D eigenvalue weighted by Crippen LogP contribution is -2.64. The molecule has 0 aromatic rings. The van der Waals surface area contributed by atoms with Crippen LogP contribution in [0.15, 0.2) is 0 Å². The van der Waals surface area contributed by atoms with Crippen molar-refractivity contribution in [2.45, 2.75) is 117 Å². The van der Waals surface area contributed by atoms with Gasteiger partial charge in [0.05, 0.1) is 6.10 Å². The molecule has 3 nitrogen and oxygen atoms in total. The van der Waals surface area contributed by atoms with E-state index in [9.17, 15) is 9.90 Å². The molecule has 1 heterocycles. The second-order valence-corrected chi connectivity index (χ2v) is 13.5. The van der Waals surface area contributed by atoms with Crippen LogP contribution in [-0.2, 0) is 9.53 Å². The van der Waals surface area contributed by atoms with Crippen LogP contribution in [0.2, 0.25) is 0 Å². The van der Waals surface area contributed by atoms with E-state index in [1.54, 1.807) is 0 Å². The summed E-state index contributed by atoms with van der Waals surface area (Å²) < 4.78 is 5.97. The third-order valence-corrected chi connectivity index (χ3v) is 12.3. The van der Waals surface area contributed by atoms with Crippen molar-refractivity contribution in [3.05, 3.63) is 0 Å². The minimum absolute atomic E-state index is 0.0158. The van der Waals surface area contributed by atoms with Gasteiger partial charge in [-0.05, 0) is 104 Å². The molecule has 1 N–H and O–H groups in total. The summed E-state index contributed by atoms with van der Waals surface area (Å²) in [7, 11) is 0. The first-order valence-corrected chi connectivity index (χ1v) is 12.8. The van der Waals surface area contributed by atoms with Gasteiger partial charge in [-0.25, -0.2) is 0 Å². The maximum atomic E-state index is 12.0. The van der Waals surface area contributed by atoms with Gasteiger partial charge in [0.15, 0.2) is 0 Å². The first kappa shape index (κ1) is 21.3. The minimum atomic E-state index is -0.235. The SMILES string of the molecule is CC1(C)[C@@H](O)CC[C@]2(C)[C@H]3CC[C@@H]4[C@@H]([C@]5(C)CCC(=O)O5)CC[C@@]4(C)[C@]3(C)CC[C@@H]12. The van der Waals surface area contributed by atoms with Crippen LogP contribution in [-0.4, -0.2) is 22.8 Å². The Morgan fingerprint density at radius 3 is 2.13 bits per heavy atom. The van der Waals surface area contributed by atoms with Crippen molar-refractivity contribution in [3.8, 4) is 0 Å². The van der Waals surface area contributed by atoms with Crippen molar-refractivity contribution in [1.82, 2.24) is 0 Å². The Hall–Kier alpha value is -0.570. The Balaban J connectivity index is 1.49.